The Morgan fingerprint density at radius 1 is 0.786 bits per heavy atom. The van der Waals surface area contributed by atoms with Crippen LogP contribution in [0.1, 0.15) is 11.1 Å². The molecule has 14 heavy (non-hydrogen) atoms. The first-order chi connectivity index (χ1) is 6.75. The van der Waals surface area contributed by atoms with E-state index >= 15 is 0 Å². The van der Waals surface area contributed by atoms with Gasteiger partial charge in [-0.05, 0) is 0 Å². The Morgan fingerprint density at radius 2 is 1.29 bits per heavy atom. The molecular weight excluding hydrogens is 302 g/mol. The van der Waals surface area contributed by atoms with Gasteiger partial charge in [0.25, 0.3) is 0 Å². The third-order valence-electron chi connectivity index (χ3n) is 2.66. The molecule has 2 aromatic heterocycles. The summed E-state index contributed by atoms with van der Waals surface area (Å²) in [6.45, 7) is 4.47. The van der Waals surface area contributed by atoms with Crippen molar-refractivity contribution in [3.8, 4) is 0 Å². The van der Waals surface area contributed by atoms with E-state index in [1.807, 2.05) is 0 Å². The number of hydrogen-bond donors (Lipinski definition) is 0. The van der Waals surface area contributed by atoms with E-state index < -0.39 is 0 Å². The van der Waals surface area contributed by atoms with E-state index in [4.69, 9.17) is 0 Å². The first-order valence-electron chi connectivity index (χ1n) is 4.61. The summed E-state index contributed by atoms with van der Waals surface area (Å²) < 4.78 is 3.19. The SMILES string of the molecule is Cc1c[se]c2cc3[se]cc(C)c3cc12. The van der Waals surface area contributed by atoms with Crippen LogP contribution in [-0.4, -0.2) is 29.0 Å². The second kappa shape index (κ2) is 3.12. The van der Waals surface area contributed by atoms with Crippen molar-refractivity contribution in [2.24, 2.45) is 0 Å². The van der Waals surface area contributed by atoms with Crippen LogP contribution in [0.4, 0.5) is 0 Å². The summed E-state index contributed by atoms with van der Waals surface area (Å²) in [5.74, 6) is 0. The Balaban J connectivity index is 2.57. The van der Waals surface area contributed by atoms with Crippen LogP contribution in [0, 0.1) is 13.8 Å². The molecule has 2 heteroatoms. The molecule has 0 fully saturated rings. The quantitative estimate of drug-likeness (QED) is 0.560. The standard InChI is InChI=1S/C12H10Se2/c1-7-5-13-11-4-12-10(3-9(7)11)8(2)6-14-12/h3-6H,1-2H3. The van der Waals surface area contributed by atoms with Crippen molar-refractivity contribution in [3.63, 3.8) is 0 Å². The first kappa shape index (κ1) is 9.00. The molecule has 0 atom stereocenters. The molecule has 0 saturated heterocycles. The van der Waals surface area contributed by atoms with Gasteiger partial charge in [-0.15, -0.1) is 0 Å². The molecule has 0 N–H and O–H groups in total. The van der Waals surface area contributed by atoms with Crippen molar-refractivity contribution in [3.05, 3.63) is 33.1 Å². The fraction of sp³-hybridized carbons (Fsp3) is 0.167. The Bertz CT molecular complexity index is 562. The Hall–Kier alpha value is -0.261. The molecule has 0 amide bonds. The van der Waals surface area contributed by atoms with Crippen LogP contribution >= 0.6 is 0 Å². The van der Waals surface area contributed by atoms with Crippen LogP contribution in [0.25, 0.3) is 19.3 Å². The monoisotopic (exact) mass is 314 g/mol. The van der Waals surface area contributed by atoms with Crippen LogP contribution in [-0.2, 0) is 0 Å². The number of rotatable bonds is 0. The van der Waals surface area contributed by atoms with Crippen molar-refractivity contribution in [2.45, 2.75) is 13.8 Å². The average molecular weight is 312 g/mol. The molecule has 0 saturated carbocycles. The fourth-order valence-corrected chi connectivity index (χ4v) is 6.22. The van der Waals surface area contributed by atoms with Gasteiger partial charge in [0.15, 0.2) is 0 Å². The zero-order chi connectivity index (χ0) is 9.71. The van der Waals surface area contributed by atoms with Crippen molar-refractivity contribution in [2.75, 3.05) is 0 Å². The zero-order valence-corrected chi connectivity index (χ0v) is 11.6. The maximum atomic E-state index is 2.45. The van der Waals surface area contributed by atoms with Crippen LogP contribution in [0.2, 0.25) is 0 Å². The molecule has 0 aliphatic rings. The fourth-order valence-electron chi connectivity index (χ4n) is 1.80. The van der Waals surface area contributed by atoms with E-state index in [-0.39, 0.29) is 0 Å². The van der Waals surface area contributed by atoms with E-state index in [2.05, 4.69) is 35.9 Å². The van der Waals surface area contributed by atoms with Crippen molar-refractivity contribution < 1.29 is 0 Å². The van der Waals surface area contributed by atoms with Crippen LogP contribution in [0.5, 0.6) is 0 Å². The Morgan fingerprint density at radius 3 is 1.79 bits per heavy atom. The van der Waals surface area contributed by atoms with Gasteiger partial charge in [0, 0.05) is 0 Å². The minimum absolute atomic E-state index is 0.598. The van der Waals surface area contributed by atoms with Gasteiger partial charge >= 0.3 is 95.3 Å². The summed E-state index contributed by atoms with van der Waals surface area (Å²) in [4.78, 5) is 4.80. The number of hydrogen-bond acceptors (Lipinski definition) is 0. The molecule has 0 unspecified atom stereocenters. The molecule has 0 spiro atoms. The molecule has 3 aromatic rings. The number of aryl methyl sites for hydroxylation is 2. The molecule has 3 rings (SSSR count). The van der Waals surface area contributed by atoms with E-state index in [1.54, 1.807) is 8.52 Å². The predicted molar refractivity (Wildman–Crippen MR) is 64.8 cm³/mol. The summed E-state index contributed by atoms with van der Waals surface area (Å²) in [7, 11) is 0. The average Bonchev–Trinajstić information content (AvgIpc) is 2.71. The maximum absolute atomic E-state index is 2.45. The van der Waals surface area contributed by atoms with Crippen molar-refractivity contribution in [1.29, 1.82) is 0 Å². The minimum atomic E-state index is 0.598. The second-order valence-corrected chi connectivity index (χ2v) is 7.51. The summed E-state index contributed by atoms with van der Waals surface area (Å²) in [6, 6.07) is 4.86. The molecule has 0 bridgehead atoms. The predicted octanol–water partition coefficient (Wildman–Crippen LogP) is 2.72. The molecule has 0 aliphatic heterocycles. The molecule has 1 aromatic carbocycles. The van der Waals surface area contributed by atoms with Crippen LogP contribution in [0.15, 0.2) is 22.0 Å². The van der Waals surface area contributed by atoms with Gasteiger partial charge in [-0.1, -0.05) is 0 Å². The summed E-state index contributed by atoms with van der Waals surface area (Å²) >= 11 is 1.20. The van der Waals surface area contributed by atoms with Crippen molar-refractivity contribution in [1.82, 2.24) is 0 Å². The van der Waals surface area contributed by atoms with Crippen LogP contribution in [0.3, 0.4) is 0 Å². The van der Waals surface area contributed by atoms with E-state index in [9.17, 15) is 0 Å². The molecule has 0 aliphatic carbocycles. The van der Waals surface area contributed by atoms with Gasteiger partial charge in [0.2, 0.25) is 0 Å². The van der Waals surface area contributed by atoms with Gasteiger partial charge in [0.1, 0.15) is 0 Å². The van der Waals surface area contributed by atoms with Crippen LogP contribution < -0.4 is 0 Å². The Kier molecular flexibility index (Phi) is 2.00. The van der Waals surface area contributed by atoms with E-state index in [1.165, 1.54) is 21.9 Å². The van der Waals surface area contributed by atoms with Gasteiger partial charge in [0.05, 0.1) is 0 Å². The normalized spacial score (nSPS) is 11.6. The molecule has 2 heterocycles. The summed E-state index contributed by atoms with van der Waals surface area (Å²) in [5, 5.41) is 3.02. The zero-order valence-electron chi connectivity index (χ0n) is 8.13. The first-order valence-corrected chi connectivity index (χ1v) is 8.30. The van der Waals surface area contributed by atoms with Crippen molar-refractivity contribution >= 4 is 48.3 Å². The van der Waals surface area contributed by atoms with E-state index in [0.717, 1.165) is 0 Å². The molecular formula is C12H10Se2. The summed E-state index contributed by atoms with van der Waals surface area (Å²) in [5.41, 5.74) is 2.96. The topological polar surface area (TPSA) is 0 Å². The summed E-state index contributed by atoms with van der Waals surface area (Å²) in [6.07, 6.45) is 0. The third-order valence-corrected chi connectivity index (χ3v) is 7.12. The molecule has 0 nitrogen and oxygen atoms in total. The second-order valence-electron chi connectivity index (χ2n) is 3.68. The Labute approximate surface area is 95.0 Å². The van der Waals surface area contributed by atoms with E-state index in [0.29, 0.717) is 29.0 Å². The van der Waals surface area contributed by atoms with Gasteiger partial charge < -0.3 is 0 Å². The third kappa shape index (κ3) is 1.19. The number of fused-ring (bicyclic) bond motifs is 2. The molecule has 70 valence electrons. The van der Waals surface area contributed by atoms with Gasteiger partial charge in [-0.2, -0.15) is 0 Å². The van der Waals surface area contributed by atoms with Gasteiger partial charge in [-0.3, -0.25) is 0 Å². The van der Waals surface area contributed by atoms with Gasteiger partial charge in [-0.25, -0.2) is 0 Å². The molecule has 0 radical (unpaired) electrons. The number of benzene rings is 1.